The van der Waals surface area contributed by atoms with Gasteiger partial charge >= 0.3 is 24.4 Å². The molecular formula is C36H30F7N3O5. The second-order valence-corrected chi connectivity index (χ2v) is 12.5. The number of hydrogen-bond donors (Lipinski definition) is 1. The average molecular weight is 718 g/mol. The maximum absolute atomic E-state index is 13.8. The van der Waals surface area contributed by atoms with Crippen LogP contribution >= 0.6 is 0 Å². The summed E-state index contributed by atoms with van der Waals surface area (Å²) in [6, 6.07) is 11.7. The fraction of sp³-hybridized carbons (Fsp3) is 0.306. The van der Waals surface area contributed by atoms with Crippen molar-refractivity contribution in [1.29, 1.82) is 0 Å². The smallest absolute Gasteiger partial charge is 0.416 e. The van der Waals surface area contributed by atoms with Crippen molar-refractivity contribution in [2.24, 2.45) is 0 Å². The van der Waals surface area contributed by atoms with Crippen LogP contribution in [0.3, 0.4) is 0 Å². The van der Waals surface area contributed by atoms with Crippen molar-refractivity contribution in [3.05, 3.63) is 100 Å². The van der Waals surface area contributed by atoms with Crippen LogP contribution in [0.15, 0.2) is 66.9 Å². The van der Waals surface area contributed by atoms with Crippen molar-refractivity contribution in [2.45, 2.75) is 51.1 Å². The van der Waals surface area contributed by atoms with E-state index in [1.165, 1.54) is 37.3 Å². The number of alkyl halides is 7. The van der Waals surface area contributed by atoms with Gasteiger partial charge in [-0.05, 0) is 90.2 Å². The summed E-state index contributed by atoms with van der Waals surface area (Å²) in [5.41, 5.74) is 0.120. The quantitative estimate of drug-likeness (QED) is 0.182. The summed E-state index contributed by atoms with van der Waals surface area (Å²) in [5, 5.41) is 9.41. The van der Waals surface area contributed by atoms with Crippen LogP contribution in [0.4, 0.5) is 41.3 Å². The van der Waals surface area contributed by atoms with E-state index in [1.807, 2.05) is 0 Å². The van der Waals surface area contributed by atoms with Gasteiger partial charge in [0.15, 0.2) is 0 Å². The van der Waals surface area contributed by atoms with Gasteiger partial charge < -0.3 is 19.5 Å². The minimum atomic E-state index is -5.09. The van der Waals surface area contributed by atoms with Gasteiger partial charge in [-0.25, -0.2) is 19.0 Å². The molecule has 0 saturated carbocycles. The lowest BCUT2D eigenvalue weighted by Crippen LogP contribution is -2.48. The van der Waals surface area contributed by atoms with Crippen LogP contribution in [0.1, 0.15) is 51.2 Å². The predicted molar refractivity (Wildman–Crippen MR) is 171 cm³/mol. The number of carboxylic acid groups (broad SMARTS) is 1. The monoisotopic (exact) mass is 717 g/mol. The van der Waals surface area contributed by atoms with Crippen LogP contribution in [-0.4, -0.2) is 59.5 Å². The molecule has 15 heteroatoms. The Kier molecular flexibility index (Phi) is 9.10. The minimum Gasteiger partial charge on any atom is -0.496 e. The number of rotatable bonds is 8. The molecule has 1 aromatic heterocycles. The van der Waals surface area contributed by atoms with E-state index in [9.17, 15) is 45.4 Å². The van der Waals surface area contributed by atoms with Gasteiger partial charge in [0.05, 0.1) is 49.5 Å². The number of aromatic carboxylic acids is 1. The Morgan fingerprint density at radius 2 is 1.61 bits per heavy atom. The first-order valence-electron chi connectivity index (χ1n) is 15.6. The summed E-state index contributed by atoms with van der Waals surface area (Å²) >= 11 is 0. The third-order valence-electron chi connectivity index (χ3n) is 9.08. The van der Waals surface area contributed by atoms with Gasteiger partial charge in [0.25, 0.3) is 0 Å². The molecule has 0 aliphatic carbocycles. The van der Waals surface area contributed by atoms with Crippen LogP contribution < -0.4 is 9.64 Å². The lowest BCUT2D eigenvalue weighted by atomic mass is 9.93. The van der Waals surface area contributed by atoms with Gasteiger partial charge in [-0.3, -0.25) is 4.90 Å². The van der Waals surface area contributed by atoms with E-state index >= 15 is 0 Å². The van der Waals surface area contributed by atoms with Crippen LogP contribution in [0.2, 0.25) is 0 Å². The fourth-order valence-corrected chi connectivity index (χ4v) is 6.34. The van der Waals surface area contributed by atoms with Crippen molar-refractivity contribution in [3.63, 3.8) is 0 Å². The number of cyclic esters (lactones) is 1. The highest BCUT2D eigenvalue weighted by atomic mass is 19.4. The van der Waals surface area contributed by atoms with E-state index in [0.717, 1.165) is 5.56 Å². The van der Waals surface area contributed by atoms with E-state index < -0.39 is 59.4 Å². The van der Waals surface area contributed by atoms with Gasteiger partial charge in [0.1, 0.15) is 23.8 Å². The molecule has 2 aliphatic rings. The number of hydrogen-bond acceptors (Lipinski definition) is 6. The zero-order valence-electron chi connectivity index (χ0n) is 27.3. The van der Waals surface area contributed by atoms with Gasteiger partial charge in [-0.15, -0.1) is 0 Å². The number of pyridine rings is 1. The number of aryl methyl sites for hydroxylation is 1. The maximum atomic E-state index is 13.8. The molecule has 51 heavy (non-hydrogen) atoms. The van der Waals surface area contributed by atoms with Crippen LogP contribution in [0, 0.1) is 6.92 Å². The van der Waals surface area contributed by atoms with Crippen LogP contribution in [0.25, 0.3) is 22.3 Å². The second-order valence-electron chi connectivity index (χ2n) is 12.5. The third kappa shape index (κ3) is 7.01. The molecule has 3 aromatic carbocycles. The van der Waals surface area contributed by atoms with Gasteiger partial charge in [0.2, 0.25) is 0 Å². The molecule has 1 amide bonds. The summed E-state index contributed by atoms with van der Waals surface area (Å²) in [7, 11) is 1.45. The minimum absolute atomic E-state index is 0.00869. The lowest BCUT2D eigenvalue weighted by molar-refractivity contribution is -0.143. The number of ether oxygens (including phenoxy) is 2. The molecule has 6 rings (SSSR count). The van der Waals surface area contributed by atoms with Crippen molar-refractivity contribution in [3.8, 4) is 28.0 Å². The fourth-order valence-electron chi connectivity index (χ4n) is 6.34. The number of amides is 1. The number of nitrogens with zero attached hydrogens (tertiary/aromatic N) is 3. The molecule has 2 saturated heterocycles. The highest BCUT2D eigenvalue weighted by Crippen LogP contribution is 2.43. The molecule has 0 bridgehead atoms. The Hall–Kier alpha value is -5.34. The third-order valence-corrected chi connectivity index (χ3v) is 9.08. The summed E-state index contributed by atoms with van der Waals surface area (Å²) < 4.78 is 107. The molecule has 2 atom stereocenters. The molecule has 0 spiro atoms. The van der Waals surface area contributed by atoms with E-state index in [2.05, 4.69) is 4.98 Å². The van der Waals surface area contributed by atoms with Crippen LogP contribution in [-0.2, 0) is 23.6 Å². The SMILES string of the molecule is COc1ccc(-c2ccc(C(=O)O)cc2C)cc1-c1cnc(N2CC(F)C2)cc1CN1C(=O)O[C@H](c2cc(C(F)(F)F)cc(C(F)(F)F)c2)[C@@H]1C. The first-order chi connectivity index (χ1) is 23.9. The molecule has 2 fully saturated rings. The lowest BCUT2D eigenvalue weighted by Gasteiger charge is -2.36. The molecule has 3 heterocycles. The van der Waals surface area contributed by atoms with Crippen molar-refractivity contribution < 1.29 is 54.9 Å². The molecule has 0 unspecified atom stereocenters. The Balaban J connectivity index is 1.41. The normalized spacial score (nSPS) is 18.1. The van der Waals surface area contributed by atoms with E-state index in [-0.39, 0.29) is 31.3 Å². The molecule has 268 valence electrons. The summed E-state index contributed by atoms with van der Waals surface area (Å²) in [5.74, 6) is -0.286. The van der Waals surface area contributed by atoms with Crippen molar-refractivity contribution in [2.75, 3.05) is 25.1 Å². The van der Waals surface area contributed by atoms with E-state index in [0.29, 0.717) is 51.5 Å². The summed E-state index contributed by atoms with van der Waals surface area (Å²) in [4.78, 5) is 32.2. The van der Waals surface area contributed by atoms with Crippen LogP contribution in [0.5, 0.6) is 5.75 Å². The molecule has 8 nitrogen and oxygen atoms in total. The number of carboxylic acids is 1. The molecule has 2 aliphatic heterocycles. The molecule has 1 N–H and O–H groups in total. The first-order valence-corrected chi connectivity index (χ1v) is 15.6. The van der Waals surface area contributed by atoms with Crippen molar-refractivity contribution >= 4 is 17.9 Å². The average Bonchev–Trinajstić information content (AvgIpc) is 3.34. The number of carbonyl (C=O) groups excluding carboxylic acids is 1. The highest BCUT2D eigenvalue weighted by Gasteiger charge is 2.43. The number of aromatic nitrogens is 1. The standard InChI is InChI=1S/C36H30F7N3O5/c1-18-8-21(33(47)48)4-6-27(18)20-5-7-30(50-3)28(11-20)29-14-44-31(45-16-26(37)17-45)12-23(29)15-46-19(2)32(51-34(46)49)22-9-24(35(38,39)40)13-25(10-22)36(41,42)43/h4-14,19,26,32H,15-17H2,1-3H3,(H,47,48)/t19-,32-/m0/s1. The van der Waals surface area contributed by atoms with E-state index in [1.54, 1.807) is 42.2 Å². The number of benzene rings is 3. The van der Waals surface area contributed by atoms with Gasteiger partial charge in [-0.1, -0.05) is 12.1 Å². The Morgan fingerprint density at radius 1 is 0.941 bits per heavy atom. The summed E-state index contributed by atoms with van der Waals surface area (Å²) in [6.07, 6.45) is -12.2. The number of carbonyl (C=O) groups is 2. The molecule has 4 aromatic rings. The number of halogens is 7. The zero-order valence-corrected chi connectivity index (χ0v) is 27.3. The zero-order chi connectivity index (χ0) is 37.0. The topological polar surface area (TPSA) is 92.2 Å². The predicted octanol–water partition coefficient (Wildman–Crippen LogP) is 8.71. The van der Waals surface area contributed by atoms with Gasteiger partial charge in [-0.2, -0.15) is 26.3 Å². The number of anilines is 1. The molecular weight excluding hydrogens is 687 g/mol. The van der Waals surface area contributed by atoms with Crippen molar-refractivity contribution in [1.82, 2.24) is 9.88 Å². The Labute approximate surface area is 287 Å². The number of methoxy groups -OCH3 is 1. The Bertz CT molecular complexity index is 1980. The second kappa shape index (κ2) is 13.1. The van der Waals surface area contributed by atoms with E-state index in [4.69, 9.17) is 9.47 Å². The largest absolute Gasteiger partial charge is 0.496 e. The molecule has 0 radical (unpaired) electrons. The summed E-state index contributed by atoms with van der Waals surface area (Å²) in [6.45, 7) is 3.17. The van der Waals surface area contributed by atoms with Gasteiger partial charge in [0, 0.05) is 17.3 Å². The highest BCUT2D eigenvalue weighted by molar-refractivity contribution is 5.89. The maximum Gasteiger partial charge on any atom is 0.416 e. The first kappa shape index (κ1) is 35.5. The Morgan fingerprint density at radius 3 is 2.18 bits per heavy atom.